The SMILES string of the molecule is COc1ccc(C=C2SC(=Nc3cccc4ccccc34)NC2=O)cc1OC. The van der Waals surface area contributed by atoms with Gasteiger partial charge in [0.1, 0.15) is 0 Å². The minimum atomic E-state index is -0.168. The first kappa shape index (κ1) is 18.1. The summed E-state index contributed by atoms with van der Waals surface area (Å²) < 4.78 is 10.6. The van der Waals surface area contributed by atoms with E-state index in [0.717, 1.165) is 22.0 Å². The standard InChI is InChI=1S/C22H18N2O3S/c1-26-18-11-10-14(12-19(18)27-2)13-20-21(25)24-22(28-20)23-17-9-5-7-15-6-3-4-8-16(15)17/h3-13H,1-2H3,(H,23,24,25). The van der Waals surface area contributed by atoms with Crippen LogP contribution in [0.4, 0.5) is 5.69 Å². The molecule has 140 valence electrons. The van der Waals surface area contributed by atoms with E-state index in [1.165, 1.54) is 11.8 Å². The van der Waals surface area contributed by atoms with E-state index < -0.39 is 0 Å². The van der Waals surface area contributed by atoms with Crippen LogP contribution in [0.1, 0.15) is 5.56 Å². The highest BCUT2D eigenvalue weighted by atomic mass is 32.2. The second-order valence-corrected chi connectivity index (χ2v) is 7.13. The van der Waals surface area contributed by atoms with Gasteiger partial charge >= 0.3 is 0 Å². The van der Waals surface area contributed by atoms with Gasteiger partial charge in [0, 0.05) is 5.39 Å². The molecule has 0 unspecified atom stereocenters. The molecule has 1 fully saturated rings. The summed E-state index contributed by atoms with van der Waals surface area (Å²) in [6, 6.07) is 19.5. The van der Waals surface area contributed by atoms with Crippen LogP contribution in [0.2, 0.25) is 0 Å². The van der Waals surface area contributed by atoms with Crippen molar-refractivity contribution in [1.82, 2.24) is 5.32 Å². The zero-order valence-electron chi connectivity index (χ0n) is 15.4. The fourth-order valence-corrected chi connectivity index (χ4v) is 3.82. The topological polar surface area (TPSA) is 59.9 Å². The summed E-state index contributed by atoms with van der Waals surface area (Å²) in [7, 11) is 3.17. The molecule has 4 rings (SSSR count). The Labute approximate surface area is 167 Å². The fourth-order valence-electron chi connectivity index (χ4n) is 2.99. The van der Waals surface area contributed by atoms with Crippen molar-refractivity contribution in [3.8, 4) is 11.5 Å². The maximum atomic E-state index is 12.4. The monoisotopic (exact) mass is 390 g/mol. The van der Waals surface area contributed by atoms with E-state index in [-0.39, 0.29) is 5.91 Å². The highest BCUT2D eigenvalue weighted by Gasteiger charge is 2.24. The molecule has 1 heterocycles. The number of carbonyl (C=O) groups is 1. The minimum absolute atomic E-state index is 0.168. The number of nitrogens with zero attached hydrogens (tertiary/aromatic N) is 1. The first-order chi connectivity index (χ1) is 13.7. The molecule has 0 bridgehead atoms. The molecule has 1 aliphatic heterocycles. The number of rotatable bonds is 4. The molecule has 28 heavy (non-hydrogen) atoms. The number of amides is 1. The minimum Gasteiger partial charge on any atom is -0.493 e. The quantitative estimate of drug-likeness (QED) is 0.653. The first-order valence-corrected chi connectivity index (χ1v) is 9.49. The lowest BCUT2D eigenvalue weighted by Crippen LogP contribution is -2.19. The molecule has 1 saturated heterocycles. The van der Waals surface area contributed by atoms with E-state index in [9.17, 15) is 4.79 Å². The molecule has 0 aromatic heterocycles. The van der Waals surface area contributed by atoms with Crippen molar-refractivity contribution in [2.24, 2.45) is 4.99 Å². The van der Waals surface area contributed by atoms with Gasteiger partial charge in [-0.1, -0.05) is 42.5 Å². The third kappa shape index (κ3) is 3.59. The summed E-state index contributed by atoms with van der Waals surface area (Å²) in [5.41, 5.74) is 1.68. The van der Waals surface area contributed by atoms with Gasteiger partial charge in [-0.3, -0.25) is 4.79 Å². The molecular formula is C22H18N2O3S. The van der Waals surface area contributed by atoms with Gasteiger partial charge in [-0.2, -0.15) is 0 Å². The lowest BCUT2D eigenvalue weighted by atomic mass is 10.1. The molecule has 1 aliphatic rings. The number of hydrogen-bond acceptors (Lipinski definition) is 5. The number of thioether (sulfide) groups is 1. The summed E-state index contributed by atoms with van der Waals surface area (Å²) in [6.45, 7) is 0. The van der Waals surface area contributed by atoms with Crippen molar-refractivity contribution in [2.45, 2.75) is 0 Å². The Kier molecular flexibility index (Phi) is 5.04. The number of ether oxygens (including phenoxy) is 2. The predicted octanol–water partition coefficient (Wildman–Crippen LogP) is 4.75. The second-order valence-electron chi connectivity index (χ2n) is 6.09. The van der Waals surface area contributed by atoms with Crippen molar-refractivity contribution in [3.63, 3.8) is 0 Å². The molecule has 0 radical (unpaired) electrons. The molecule has 3 aromatic carbocycles. The van der Waals surface area contributed by atoms with Gasteiger partial charge < -0.3 is 14.8 Å². The number of benzene rings is 3. The van der Waals surface area contributed by atoms with Crippen molar-refractivity contribution in [1.29, 1.82) is 0 Å². The van der Waals surface area contributed by atoms with Crippen molar-refractivity contribution in [3.05, 3.63) is 71.1 Å². The zero-order valence-corrected chi connectivity index (χ0v) is 16.2. The Hall–Kier alpha value is -3.25. The van der Waals surface area contributed by atoms with Crippen molar-refractivity contribution < 1.29 is 14.3 Å². The zero-order chi connectivity index (χ0) is 19.5. The van der Waals surface area contributed by atoms with Crippen LogP contribution < -0.4 is 14.8 Å². The molecule has 3 aromatic rings. The highest BCUT2D eigenvalue weighted by molar-refractivity contribution is 8.18. The number of carbonyl (C=O) groups excluding carboxylic acids is 1. The van der Waals surface area contributed by atoms with E-state index in [1.54, 1.807) is 14.2 Å². The average molecular weight is 390 g/mol. The summed E-state index contributed by atoms with van der Waals surface area (Å²) >= 11 is 1.32. The molecule has 1 amide bonds. The van der Waals surface area contributed by atoms with Gasteiger partial charge in [-0.25, -0.2) is 4.99 Å². The normalized spacial score (nSPS) is 16.6. The summed E-state index contributed by atoms with van der Waals surface area (Å²) in [5, 5.41) is 5.56. The fraction of sp³-hybridized carbons (Fsp3) is 0.0909. The maximum Gasteiger partial charge on any atom is 0.264 e. The van der Waals surface area contributed by atoms with Crippen molar-refractivity contribution in [2.75, 3.05) is 14.2 Å². The molecule has 6 heteroatoms. The van der Waals surface area contributed by atoms with Crippen molar-refractivity contribution >= 4 is 45.4 Å². The van der Waals surface area contributed by atoms with Crippen LogP contribution in [0.15, 0.2) is 70.6 Å². The molecule has 1 N–H and O–H groups in total. The Bertz CT molecular complexity index is 1120. The summed E-state index contributed by atoms with van der Waals surface area (Å²) in [4.78, 5) is 17.6. The second kappa shape index (κ2) is 7.78. The average Bonchev–Trinajstić information content (AvgIpc) is 3.07. The Morgan fingerprint density at radius 1 is 0.964 bits per heavy atom. The van der Waals surface area contributed by atoms with Crippen LogP contribution in [0.3, 0.4) is 0 Å². The number of hydrogen-bond donors (Lipinski definition) is 1. The van der Waals surface area contributed by atoms with Gasteiger partial charge in [0.15, 0.2) is 16.7 Å². The Morgan fingerprint density at radius 2 is 1.75 bits per heavy atom. The van der Waals surface area contributed by atoms with Gasteiger partial charge in [-0.05, 0) is 47.0 Å². The third-order valence-electron chi connectivity index (χ3n) is 4.34. The van der Waals surface area contributed by atoms with E-state index in [1.807, 2.05) is 66.7 Å². The smallest absolute Gasteiger partial charge is 0.264 e. The van der Waals surface area contributed by atoms with Crippen LogP contribution in [-0.4, -0.2) is 25.3 Å². The van der Waals surface area contributed by atoms with Crippen LogP contribution in [0.5, 0.6) is 11.5 Å². The molecule has 0 atom stereocenters. The number of nitrogens with one attached hydrogen (secondary N) is 1. The molecule has 0 saturated carbocycles. The van der Waals surface area contributed by atoms with Crippen LogP contribution in [0.25, 0.3) is 16.8 Å². The lowest BCUT2D eigenvalue weighted by molar-refractivity contribution is -0.115. The number of fused-ring (bicyclic) bond motifs is 1. The highest BCUT2D eigenvalue weighted by Crippen LogP contribution is 2.33. The lowest BCUT2D eigenvalue weighted by Gasteiger charge is -2.07. The van der Waals surface area contributed by atoms with E-state index in [2.05, 4.69) is 10.3 Å². The van der Waals surface area contributed by atoms with Crippen LogP contribution in [-0.2, 0) is 4.79 Å². The van der Waals surface area contributed by atoms with E-state index >= 15 is 0 Å². The molecule has 0 aliphatic carbocycles. The number of aliphatic imine (C=N–C) groups is 1. The predicted molar refractivity (Wildman–Crippen MR) is 114 cm³/mol. The molecule has 0 spiro atoms. The third-order valence-corrected chi connectivity index (χ3v) is 5.25. The summed E-state index contributed by atoms with van der Waals surface area (Å²) in [5.74, 6) is 1.09. The number of amidine groups is 1. The van der Waals surface area contributed by atoms with E-state index in [4.69, 9.17) is 9.47 Å². The van der Waals surface area contributed by atoms with Crippen LogP contribution >= 0.6 is 11.8 Å². The summed E-state index contributed by atoms with van der Waals surface area (Å²) in [6.07, 6.45) is 1.81. The van der Waals surface area contributed by atoms with E-state index in [0.29, 0.717) is 21.6 Å². The maximum absolute atomic E-state index is 12.4. The van der Waals surface area contributed by atoms with Gasteiger partial charge in [0.05, 0.1) is 24.8 Å². The molecule has 5 nitrogen and oxygen atoms in total. The van der Waals surface area contributed by atoms with Gasteiger partial charge in [-0.15, -0.1) is 0 Å². The first-order valence-electron chi connectivity index (χ1n) is 8.67. The number of methoxy groups -OCH3 is 2. The molecular weight excluding hydrogens is 372 g/mol. The largest absolute Gasteiger partial charge is 0.493 e. The Morgan fingerprint density at radius 3 is 2.57 bits per heavy atom. The van der Waals surface area contributed by atoms with Gasteiger partial charge in [0.25, 0.3) is 5.91 Å². The van der Waals surface area contributed by atoms with Crippen LogP contribution in [0, 0.1) is 0 Å². The van der Waals surface area contributed by atoms with Gasteiger partial charge in [0.2, 0.25) is 0 Å². The Balaban J connectivity index is 1.64.